The molecule has 0 bridgehead atoms. The fraction of sp³-hybridized carbons (Fsp3) is 0. The number of para-hydroxylation sites is 1. The van der Waals surface area contributed by atoms with E-state index in [1.807, 2.05) is 42.5 Å². The van der Waals surface area contributed by atoms with Crippen LogP contribution in [0.2, 0.25) is 0 Å². The molecular formula is C12H9BrO. The maximum Gasteiger partial charge on any atom is 0.123 e. The molecule has 0 amide bonds. The van der Waals surface area contributed by atoms with Crippen molar-refractivity contribution >= 4 is 15.9 Å². The van der Waals surface area contributed by atoms with E-state index in [1.165, 1.54) is 0 Å². The second-order valence-electron chi connectivity index (χ2n) is 3.00. The van der Waals surface area contributed by atoms with Gasteiger partial charge in [-0.1, -0.05) is 52.3 Å². The zero-order valence-electron chi connectivity index (χ0n) is 7.44. The van der Waals surface area contributed by atoms with Crippen molar-refractivity contribution in [1.29, 1.82) is 0 Å². The molecule has 1 N–H and O–H groups in total. The average molecular weight is 249 g/mol. The average Bonchev–Trinajstić information content (AvgIpc) is 2.20. The smallest absolute Gasteiger partial charge is 0.123 e. The van der Waals surface area contributed by atoms with Crippen LogP contribution >= 0.6 is 15.9 Å². The summed E-state index contributed by atoms with van der Waals surface area (Å²) in [6, 6.07) is 15.1. The monoisotopic (exact) mass is 248 g/mol. The van der Waals surface area contributed by atoms with E-state index in [9.17, 15) is 5.11 Å². The molecule has 1 nitrogen and oxygen atoms in total. The van der Waals surface area contributed by atoms with Gasteiger partial charge >= 0.3 is 0 Å². The molecule has 0 aliphatic rings. The van der Waals surface area contributed by atoms with E-state index in [0.29, 0.717) is 5.75 Å². The van der Waals surface area contributed by atoms with Crippen LogP contribution in [0.1, 0.15) is 0 Å². The lowest BCUT2D eigenvalue weighted by Crippen LogP contribution is -1.79. The van der Waals surface area contributed by atoms with E-state index in [4.69, 9.17) is 0 Å². The third-order valence-corrected chi connectivity index (χ3v) is 2.76. The minimum Gasteiger partial charge on any atom is -0.507 e. The van der Waals surface area contributed by atoms with Crippen LogP contribution in [0, 0.1) is 0 Å². The number of hydrogen-bond acceptors (Lipinski definition) is 1. The van der Waals surface area contributed by atoms with Gasteiger partial charge in [0.05, 0.1) is 0 Å². The van der Waals surface area contributed by atoms with Crippen molar-refractivity contribution in [3.63, 3.8) is 0 Å². The van der Waals surface area contributed by atoms with Crippen LogP contribution in [0.3, 0.4) is 0 Å². The normalized spacial score (nSPS) is 10.1. The van der Waals surface area contributed by atoms with Crippen molar-refractivity contribution in [3.05, 3.63) is 53.0 Å². The summed E-state index contributed by atoms with van der Waals surface area (Å²) in [5.74, 6) is 0.305. The quantitative estimate of drug-likeness (QED) is 0.814. The first kappa shape index (κ1) is 9.28. The lowest BCUT2D eigenvalue weighted by molar-refractivity contribution is 0.477. The zero-order chi connectivity index (χ0) is 9.97. The molecule has 0 unspecified atom stereocenters. The van der Waals surface area contributed by atoms with E-state index in [-0.39, 0.29) is 0 Å². The SMILES string of the molecule is Oc1ccccc1-c1ccccc1Br. The highest BCUT2D eigenvalue weighted by Gasteiger charge is 2.05. The largest absolute Gasteiger partial charge is 0.507 e. The van der Waals surface area contributed by atoms with Gasteiger partial charge in [0.15, 0.2) is 0 Å². The summed E-state index contributed by atoms with van der Waals surface area (Å²) >= 11 is 3.46. The van der Waals surface area contributed by atoms with Gasteiger partial charge in [-0.15, -0.1) is 0 Å². The van der Waals surface area contributed by atoms with Gasteiger partial charge in [-0.05, 0) is 17.7 Å². The first-order valence-corrected chi connectivity index (χ1v) is 5.11. The number of phenolic OH excluding ortho intramolecular Hbond substituents is 1. The van der Waals surface area contributed by atoms with Crippen LogP contribution in [0.4, 0.5) is 0 Å². The Bertz CT molecular complexity index is 408. The maximum absolute atomic E-state index is 9.67. The van der Waals surface area contributed by atoms with Gasteiger partial charge in [0.1, 0.15) is 5.75 Å². The summed E-state index contributed by atoms with van der Waals surface area (Å²) in [5.41, 5.74) is 1.85. The van der Waals surface area contributed by atoms with Gasteiger partial charge < -0.3 is 5.11 Å². The first-order valence-electron chi connectivity index (χ1n) is 4.32. The Morgan fingerprint density at radius 3 is 2.00 bits per heavy atom. The Balaban J connectivity index is 2.61. The Morgan fingerprint density at radius 2 is 1.36 bits per heavy atom. The van der Waals surface area contributed by atoms with Crippen molar-refractivity contribution in [1.82, 2.24) is 0 Å². The van der Waals surface area contributed by atoms with Crippen LogP contribution in [-0.4, -0.2) is 5.11 Å². The van der Waals surface area contributed by atoms with Crippen LogP contribution < -0.4 is 0 Å². The Hall–Kier alpha value is -1.28. The molecule has 14 heavy (non-hydrogen) atoms. The predicted octanol–water partition coefficient (Wildman–Crippen LogP) is 3.82. The maximum atomic E-state index is 9.67. The molecule has 0 aromatic heterocycles. The lowest BCUT2D eigenvalue weighted by atomic mass is 10.1. The Kier molecular flexibility index (Phi) is 2.55. The molecule has 0 saturated carbocycles. The van der Waals surface area contributed by atoms with Gasteiger partial charge in [-0.3, -0.25) is 0 Å². The van der Waals surface area contributed by atoms with Gasteiger partial charge in [-0.2, -0.15) is 0 Å². The molecule has 0 spiro atoms. The molecule has 0 saturated heterocycles. The molecular weight excluding hydrogens is 240 g/mol. The summed E-state index contributed by atoms with van der Waals surface area (Å²) in [6.45, 7) is 0. The van der Waals surface area contributed by atoms with Crippen molar-refractivity contribution in [3.8, 4) is 16.9 Å². The number of rotatable bonds is 1. The van der Waals surface area contributed by atoms with Crippen LogP contribution in [-0.2, 0) is 0 Å². The van der Waals surface area contributed by atoms with Gasteiger partial charge in [0.2, 0.25) is 0 Å². The first-order chi connectivity index (χ1) is 6.79. The second-order valence-corrected chi connectivity index (χ2v) is 3.85. The molecule has 2 aromatic rings. The lowest BCUT2D eigenvalue weighted by Gasteiger charge is -2.05. The number of aromatic hydroxyl groups is 1. The van der Waals surface area contributed by atoms with E-state index in [2.05, 4.69) is 15.9 Å². The van der Waals surface area contributed by atoms with Gasteiger partial charge in [0, 0.05) is 10.0 Å². The third kappa shape index (κ3) is 1.66. The Morgan fingerprint density at radius 1 is 0.786 bits per heavy atom. The molecule has 2 heteroatoms. The molecule has 0 radical (unpaired) electrons. The highest BCUT2D eigenvalue weighted by molar-refractivity contribution is 9.10. The van der Waals surface area contributed by atoms with Crippen LogP contribution in [0.15, 0.2) is 53.0 Å². The molecule has 0 fully saturated rings. The summed E-state index contributed by atoms with van der Waals surface area (Å²) in [4.78, 5) is 0. The van der Waals surface area contributed by atoms with Gasteiger partial charge in [0.25, 0.3) is 0 Å². The predicted molar refractivity (Wildman–Crippen MR) is 61.2 cm³/mol. The molecule has 0 aliphatic carbocycles. The van der Waals surface area contributed by atoms with E-state index < -0.39 is 0 Å². The molecule has 2 aromatic carbocycles. The third-order valence-electron chi connectivity index (χ3n) is 2.07. The van der Waals surface area contributed by atoms with E-state index in [0.717, 1.165) is 15.6 Å². The minimum absolute atomic E-state index is 0.305. The minimum atomic E-state index is 0.305. The number of benzene rings is 2. The number of phenols is 1. The van der Waals surface area contributed by atoms with E-state index in [1.54, 1.807) is 6.07 Å². The Labute approximate surface area is 91.2 Å². The van der Waals surface area contributed by atoms with Crippen molar-refractivity contribution in [2.24, 2.45) is 0 Å². The zero-order valence-corrected chi connectivity index (χ0v) is 9.03. The van der Waals surface area contributed by atoms with Crippen molar-refractivity contribution in [2.45, 2.75) is 0 Å². The number of halogens is 1. The molecule has 0 heterocycles. The molecule has 2 rings (SSSR count). The van der Waals surface area contributed by atoms with Crippen LogP contribution in [0.25, 0.3) is 11.1 Å². The summed E-state index contributed by atoms with van der Waals surface area (Å²) < 4.78 is 0.988. The highest BCUT2D eigenvalue weighted by Crippen LogP contribution is 2.33. The summed E-state index contributed by atoms with van der Waals surface area (Å²) in [7, 11) is 0. The molecule has 70 valence electrons. The fourth-order valence-electron chi connectivity index (χ4n) is 1.38. The highest BCUT2D eigenvalue weighted by atomic mass is 79.9. The van der Waals surface area contributed by atoms with Crippen molar-refractivity contribution in [2.75, 3.05) is 0 Å². The van der Waals surface area contributed by atoms with E-state index >= 15 is 0 Å². The number of hydrogen-bond donors (Lipinski definition) is 1. The molecule has 0 aliphatic heterocycles. The summed E-state index contributed by atoms with van der Waals surface area (Å²) in [5, 5.41) is 9.67. The topological polar surface area (TPSA) is 20.2 Å². The molecule has 0 atom stereocenters. The standard InChI is InChI=1S/C12H9BrO/c13-11-7-3-1-5-9(11)10-6-2-4-8-12(10)14/h1-8,14H. The second kappa shape index (κ2) is 3.84. The van der Waals surface area contributed by atoms with Crippen molar-refractivity contribution < 1.29 is 5.11 Å². The summed E-state index contributed by atoms with van der Waals surface area (Å²) in [6.07, 6.45) is 0. The van der Waals surface area contributed by atoms with Gasteiger partial charge in [-0.25, -0.2) is 0 Å². The van der Waals surface area contributed by atoms with Crippen LogP contribution in [0.5, 0.6) is 5.75 Å². The fourth-order valence-corrected chi connectivity index (χ4v) is 1.88.